The molecule has 2 aromatic rings. The third-order valence-corrected chi connectivity index (χ3v) is 5.60. The van der Waals surface area contributed by atoms with Crippen LogP contribution in [0.5, 0.6) is 11.5 Å². The maximum Gasteiger partial charge on any atom is 0.325 e. The van der Waals surface area contributed by atoms with E-state index in [0.29, 0.717) is 41.8 Å². The van der Waals surface area contributed by atoms with Crippen molar-refractivity contribution in [2.24, 2.45) is 0 Å². The van der Waals surface area contributed by atoms with E-state index in [4.69, 9.17) is 9.47 Å². The predicted octanol–water partition coefficient (Wildman–Crippen LogP) is 3.23. The maximum absolute atomic E-state index is 13.1. The van der Waals surface area contributed by atoms with Crippen molar-refractivity contribution in [3.05, 3.63) is 59.2 Å². The molecule has 0 radical (unpaired) electrons. The molecule has 2 aliphatic heterocycles. The van der Waals surface area contributed by atoms with Gasteiger partial charge >= 0.3 is 6.03 Å². The Kier molecular flexibility index (Phi) is 4.97. The third-order valence-electron chi connectivity index (χ3n) is 5.60. The van der Waals surface area contributed by atoms with Crippen LogP contribution in [-0.4, -0.2) is 42.4 Å². The van der Waals surface area contributed by atoms with E-state index in [1.54, 1.807) is 25.1 Å². The van der Waals surface area contributed by atoms with E-state index in [1.165, 1.54) is 0 Å². The minimum atomic E-state index is -1.21. The lowest BCUT2D eigenvalue weighted by Crippen LogP contribution is -2.41. The lowest BCUT2D eigenvalue weighted by molar-refractivity contribution is -0.130. The zero-order valence-corrected chi connectivity index (χ0v) is 17.2. The van der Waals surface area contributed by atoms with E-state index in [2.05, 4.69) is 19.2 Å². The van der Waals surface area contributed by atoms with Gasteiger partial charge in [-0.2, -0.15) is 0 Å². The molecule has 1 atom stereocenters. The van der Waals surface area contributed by atoms with Gasteiger partial charge in [-0.3, -0.25) is 14.5 Å². The second kappa shape index (κ2) is 7.48. The number of benzene rings is 2. The lowest BCUT2D eigenvalue weighted by atomic mass is 9.90. The minimum absolute atomic E-state index is 0.343. The smallest absolute Gasteiger partial charge is 0.325 e. The van der Waals surface area contributed by atoms with Gasteiger partial charge in [0.2, 0.25) is 0 Å². The summed E-state index contributed by atoms with van der Waals surface area (Å²) < 4.78 is 11.0. The first kappa shape index (κ1) is 19.9. The molecule has 1 fully saturated rings. The van der Waals surface area contributed by atoms with Crippen LogP contribution in [0, 0.1) is 0 Å². The topological polar surface area (TPSA) is 84.9 Å². The summed E-state index contributed by atoms with van der Waals surface area (Å²) in [5, 5.41) is 2.74. The molecule has 3 amide bonds. The average Bonchev–Trinajstić information content (AvgIpc) is 2.97. The van der Waals surface area contributed by atoms with Gasteiger partial charge in [-0.1, -0.05) is 38.1 Å². The number of imide groups is 1. The molecule has 2 aromatic carbocycles. The van der Waals surface area contributed by atoms with Crippen LogP contribution in [0.3, 0.4) is 0 Å². The van der Waals surface area contributed by atoms with Crippen LogP contribution in [0.15, 0.2) is 42.5 Å². The van der Waals surface area contributed by atoms with Gasteiger partial charge in [-0.05, 0) is 42.2 Å². The number of hydrogen-bond acceptors (Lipinski definition) is 5. The molecule has 2 aliphatic rings. The predicted molar refractivity (Wildman–Crippen MR) is 110 cm³/mol. The van der Waals surface area contributed by atoms with Gasteiger partial charge in [0, 0.05) is 5.56 Å². The fraction of sp³-hybridized carbons (Fsp3) is 0.348. The summed E-state index contributed by atoms with van der Waals surface area (Å²) in [7, 11) is 0. The first-order valence-electron chi connectivity index (χ1n) is 9.97. The number of rotatable bonds is 5. The van der Waals surface area contributed by atoms with Gasteiger partial charge in [0.1, 0.15) is 18.8 Å². The number of carbonyl (C=O) groups is 3. The van der Waals surface area contributed by atoms with E-state index in [0.717, 1.165) is 10.5 Å². The number of nitrogens with one attached hydrogen (secondary N) is 1. The number of ketones is 1. The Morgan fingerprint density at radius 3 is 2.40 bits per heavy atom. The molecular formula is C23H24N2O5. The number of amides is 3. The summed E-state index contributed by atoms with van der Waals surface area (Å²) in [6.07, 6.45) is 0. The number of Topliss-reactive ketones (excluding diaryl/α,β-unsaturated/α-hetero) is 1. The molecule has 0 aliphatic carbocycles. The third kappa shape index (κ3) is 3.40. The molecule has 0 saturated carbocycles. The molecular weight excluding hydrogens is 384 g/mol. The number of fused-ring (bicyclic) bond motifs is 1. The Bertz CT molecular complexity index is 1010. The van der Waals surface area contributed by atoms with E-state index in [1.807, 2.05) is 24.3 Å². The van der Waals surface area contributed by atoms with Crippen molar-refractivity contribution in [2.45, 2.75) is 32.2 Å². The van der Waals surface area contributed by atoms with Crippen LogP contribution in [0.4, 0.5) is 4.79 Å². The summed E-state index contributed by atoms with van der Waals surface area (Å²) in [5.41, 5.74) is 0.971. The Balaban J connectivity index is 1.53. The zero-order valence-electron chi connectivity index (χ0n) is 17.2. The molecule has 2 heterocycles. The SMILES string of the molecule is CC(C)c1ccc([C@@]2(C)NC(=O)N(CC(=O)c3ccc4c(c3)OCCO4)C2=O)cc1. The van der Waals surface area contributed by atoms with Crippen molar-refractivity contribution in [3.63, 3.8) is 0 Å². The lowest BCUT2D eigenvalue weighted by Gasteiger charge is -2.23. The number of ether oxygens (including phenoxy) is 2. The highest BCUT2D eigenvalue weighted by Crippen LogP contribution is 2.32. The van der Waals surface area contributed by atoms with Gasteiger partial charge in [-0.15, -0.1) is 0 Å². The Labute approximate surface area is 175 Å². The largest absolute Gasteiger partial charge is 0.486 e. The summed E-state index contributed by atoms with van der Waals surface area (Å²) in [6, 6.07) is 11.9. The number of hydrogen-bond donors (Lipinski definition) is 1. The molecule has 7 nitrogen and oxygen atoms in total. The quantitative estimate of drug-likeness (QED) is 0.607. The molecule has 4 rings (SSSR count). The van der Waals surface area contributed by atoms with Gasteiger partial charge in [0.05, 0.1) is 6.54 Å². The molecule has 1 saturated heterocycles. The Morgan fingerprint density at radius 2 is 1.73 bits per heavy atom. The summed E-state index contributed by atoms with van der Waals surface area (Å²) in [4.78, 5) is 39.4. The van der Waals surface area contributed by atoms with Gasteiger partial charge < -0.3 is 14.8 Å². The Morgan fingerprint density at radius 1 is 1.07 bits per heavy atom. The summed E-state index contributed by atoms with van der Waals surface area (Å²) in [6.45, 7) is 6.36. The van der Waals surface area contributed by atoms with Crippen LogP contribution in [0.2, 0.25) is 0 Å². The van der Waals surface area contributed by atoms with Crippen molar-refractivity contribution >= 4 is 17.7 Å². The second-order valence-electron chi connectivity index (χ2n) is 8.00. The molecule has 0 aromatic heterocycles. The molecule has 156 valence electrons. The fourth-order valence-electron chi connectivity index (χ4n) is 3.69. The van der Waals surface area contributed by atoms with E-state index in [-0.39, 0.29) is 12.3 Å². The fourth-order valence-corrected chi connectivity index (χ4v) is 3.69. The van der Waals surface area contributed by atoms with Crippen molar-refractivity contribution in [3.8, 4) is 11.5 Å². The van der Waals surface area contributed by atoms with Crippen LogP contribution in [-0.2, 0) is 10.3 Å². The summed E-state index contributed by atoms with van der Waals surface area (Å²) >= 11 is 0. The van der Waals surface area contributed by atoms with Crippen LogP contribution < -0.4 is 14.8 Å². The monoisotopic (exact) mass is 408 g/mol. The second-order valence-corrected chi connectivity index (χ2v) is 8.00. The van der Waals surface area contributed by atoms with Crippen molar-refractivity contribution in [1.29, 1.82) is 0 Å². The van der Waals surface area contributed by atoms with Gasteiger partial charge in [0.25, 0.3) is 5.91 Å². The van der Waals surface area contributed by atoms with Gasteiger partial charge in [0.15, 0.2) is 17.3 Å². The van der Waals surface area contributed by atoms with Gasteiger partial charge in [-0.25, -0.2) is 4.79 Å². The highest BCUT2D eigenvalue weighted by molar-refractivity contribution is 6.11. The van der Waals surface area contributed by atoms with Crippen molar-refractivity contribution < 1.29 is 23.9 Å². The molecule has 30 heavy (non-hydrogen) atoms. The molecule has 0 bridgehead atoms. The number of carbonyl (C=O) groups excluding carboxylic acids is 3. The first-order chi connectivity index (χ1) is 14.3. The zero-order chi connectivity index (χ0) is 21.5. The molecule has 1 N–H and O–H groups in total. The molecule has 7 heteroatoms. The maximum atomic E-state index is 13.1. The van der Waals surface area contributed by atoms with Crippen molar-refractivity contribution in [2.75, 3.05) is 19.8 Å². The Hall–Kier alpha value is -3.35. The van der Waals surface area contributed by atoms with Crippen molar-refractivity contribution in [1.82, 2.24) is 10.2 Å². The van der Waals surface area contributed by atoms with E-state index in [9.17, 15) is 14.4 Å². The van der Waals surface area contributed by atoms with Crippen LogP contribution >= 0.6 is 0 Å². The molecule has 0 unspecified atom stereocenters. The summed E-state index contributed by atoms with van der Waals surface area (Å²) in [5.74, 6) is 0.621. The highest BCUT2D eigenvalue weighted by atomic mass is 16.6. The minimum Gasteiger partial charge on any atom is -0.486 e. The first-order valence-corrected chi connectivity index (χ1v) is 9.97. The molecule has 0 spiro atoms. The normalized spacial score (nSPS) is 20.5. The number of nitrogens with zero attached hydrogens (tertiary/aromatic N) is 1. The van der Waals surface area contributed by atoms with E-state index >= 15 is 0 Å². The highest BCUT2D eigenvalue weighted by Gasteiger charge is 2.49. The van der Waals surface area contributed by atoms with E-state index < -0.39 is 17.5 Å². The van der Waals surface area contributed by atoms with Crippen LogP contribution in [0.25, 0.3) is 0 Å². The van der Waals surface area contributed by atoms with Crippen LogP contribution in [0.1, 0.15) is 48.2 Å². The average molecular weight is 408 g/mol. The number of urea groups is 1. The standard InChI is InChI=1S/C23H24N2O5/c1-14(2)15-4-7-17(8-5-15)23(3)21(27)25(22(28)24-23)13-18(26)16-6-9-19-20(12-16)30-11-10-29-19/h4-9,12,14H,10-11,13H2,1-3H3,(H,24,28)/t23-/m1/s1.